The molecular formula is C19H23BrN2O4S. The summed E-state index contributed by atoms with van der Waals surface area (Å²) in [6.45, 7) is 6.51. The van der Waals surface area contributed by atoms with Gasteiger partial charge in [0.1, 0.15) is 5.75 Å². The molecule has 0 aliphatic rings. The van der Waals surface area contributed by atoms with Crippen LogP contribution in [-0.2, 0) is 10.0 Å². The van der Waals surface area contributed by atoms with E-state index >= 15 is 0 Å². The molecule has 2 aromatic rings. The maximum Gasteiger partial charge on any atom is 0.256 e. The van der Waals surface area contributed by atoms with Gasteiger partial charge in [-0.05, 0) is 53.2 Å². The van der Waals surface area contributed by atoms with Crippen molar-refractivity contribution in [3.05, 3.63) is 52.5 Å². The van der Waals surface area contributed by atoms with Gasteiger partial charge in [0.25, 0.3) is 5.91 Å². The lowest BCUT2D eigenvalue weighted by Crippen LogP contribution is -2.30. The van der Waals surface area contributed by atoms with Crippen LogP contribution in [0.2, 0.25) is 0 Å². The molecule has 1 amide bonds. The molecule has 0 aliphatic heterocycles. The molecule has 0 saturated heterocycles. The summed E-state index contributed by atoms with van der Waals surface area (Å²) < 4.78 is 33.1. The SMILES string of the molecule is CCOc1ccc(S(=O)(=O)N(CC)CC)cc1NC(=O)c1ccccc1Br. The Labute approximate surface area is 168 Å². The summed E-state index contributed by atoms with van der Waals surface area (Å²) in [4.78, 5) is 12.8. The maximum absolute atomic E-state index is 12.8. The van der Waals surface area contributed by atoms with Gasteiger partial charge in [-0.1, -0.05) is 26.0 Å². The van der Waals surface area contributed by atoms with Crippen LogP contribution in [0.5, 0.6) is 5.75 Å². The normalized spacial score (nSPS) is 11.4. The highest BCUT2D eigenvalue weighted by molar-refractivity contribution is 9.10. The standard InChI is InChI=1S/C19H23BrN2O4S/c1-4-22(5-2)27(24,25)14-11-12-18(26-6-3)17(13-14)21-19(23)15-9-7-8-10-16(15)20/h7-13H,4-6H2,1-3H3,(H,21,23). The minimum Gasteiger partial charge on any atom is -0.492 e. The first-order chi connectivity index (χ1) is 12.8. The highest BCUT2D eigenvalue weighted by atomic mass is 79.9. The van der Waals surface area contributed by atoms with E-state index in [1.54, 1.807) is 38.1 Å². The molecule has 6 nitrogen and oxygen atoms in total. The fourth-order valence-corrected chi connectivity index (χ4v) is 4.55. The van der Waals surface area contributed by atoms with E-state index in [1.165, 1.54) is 16.4 Å². The number of halogens is 1. The van der Waals surface area contributed by atoms with Crippen molar-refractivity contribution >= 4 is 37.5 Å². The first-order valence-electron chi connectivity index (χ1n) is 8.68. The highest BCUT2D eigenvalue weighted by Gasteiger charge is 2.23. The summed E-state index contributed by atoms with van der Waals surface area (Å²) >= 11 is 3.35. The van der Waals surface area contributed by atoms with Gasteiger partial charge in [-0.2, -0.15) is 4.31 Å². The number of nitrogens with zero attached hydrogens (tertiary/aromatic N) is 1. The van der Waals surface area contributed by atoms with Gasteiger partial charge in [-0.3, -0.25) is 4.79 Å². The molecule has 0 spiro atoms. The van der Waals surface area contributed by atoms with Crippen molar-refractivity contribution in [3.8, 4) is 5.75 Å². The summed E-state index contributed by atoms with van der Waals surface area (Å²) in [5.74, 6) is 0.0530. The molecule has 0 aliphatic carbocycles. The van der Waals surface area contributed by atoms with Crippen LogP contribution < -0.4 is 10.1 Å². The minimum absolute atomic E-state index is 0.108. The van der Waals surface area contributed by atoms with Crippen molar-refractivity contribution in [3.63, 3.8) is 0 Å². The summed E-state index contributed by atoms with van der Waals surface area (Å²) in [7, 11) is -3.65. The average molecular weight is 455 g/mol. The third kappa shape index (κ3) is 4.88. The minimum atomic E-state index is -3.65. The number of hydrogen-bond donors (Lipinski definition) is 1. The van der Waals surface area contributed by atoms with Gasteiger partial charge in [0.2, 0.25) is 10.0 Å². The van der Waals surface area contributed by atoms with Gasteiger partial charge in [0.15, 0.2) is 0 Å². The van der Waals surface area contributed by atoms with Crippen molar-refractivity contribution in [2.24, 2.45) is 0 Å². The molecule has 2 rings (SSSR count). The zero-order valence-corrected chi connectivity index (χ0v) is 17.9. The van der Waals surface area contributed by atoms with Gasteiger partial charge < -0.3 is 10.1 Å². The molecule has 2 aromatic carbocycles. The first-order valence-corrected chi connectivity index (χ1v) is 10.9. The molecule has 0 unspecified atom stereocenters. The average Bonchev–Trinajstić information content (AvgIpc) is 2.64. The Morgan fingerprint density at radius 3 is 2.37 bits per heavy atom. The van der Waals surface area contributed by atoms with Gasteiger partial charge in [0, 0.05) is 17.6 Å². The van der Waals surface area contributed by atoms with Gasteiger partial charge in [-0.25, -0.2) is 8.42 Å². The predicted octanol–water partition coefficient (Wildman–Crippen LogP) is 4.13. The van der Waals surface area contributed by atoms with Crippen molar-refractivity contribution in [2.75, 3.05) is 25.0 Å². The third-order valence-corrected chi connectivity index (χ3v) is 6.70. The predicted molar refractivity (Wildman–Crippen MR) is 110 cm³/mol. The van der Waals surface area contributed by atoms with E-state index in [0.29, 0.717) is 41.2 Å². The number of carbonyl (C=O) groups is 1. The second-order valence-electron chi connectivity index (χ2n) is 5.61. The summed E-state index contributed by atoms with van der Waals surface area (Å²) in [6, 6.07) is 11.5. The Balaban J connectivity index is 2.44. The largest absolute Gasteiger partial charge is 0.492 e. The number of anilines is 1. The van der Waals surface area contributed by atoms with Crippen LogP contribution in [-0.4, -0.2) is 38.3 Å². The first kappa shape index (κ1) is 21.4. The summed E-state index contributed by atoms with van der Waals surface area (Å²) in [5.41, 5.74) is 0.753. The summed E-state index contributed by atoms with van der Waals surface area (Å²) in [6.07, 6.45) is 0. The molecule has 0 saturated carbocycles. The van der Waals surface area contributed by atoms with Crippen LogP contribution in [0.15, 0.2) is 51.8 Å². The Bertz CT molecular complexity index is 912. The van der Waals surface area contributed by atoms with Gasteiger partial charge in [0.05, 0.1) is 22.8 Å². The second-order valence-corrected chi connectivity index (χ2v) is 8.41. The third-order valence-electron chi connectivity index (χ3n) is 3.96. The van der Waals surface area contributed by atoms with Gasteiger partial charge in [-0.15, -0.1) is 0 Å². The highest BCUT2D eigenvalue weighted by Crippen LogP contribution is 2.30. The van der Waals surface area contributed by atoms with Crippen LogP contribution in [0, 0.1) is 0 Å². The number of nitrogens with one attached hydrogen (secondary N) is 1. The quantitative estimate of drug-likeness (QED) is 0.650. The number of benzene rings is 2. The lowest BCUT2D eigenvalue weighted by molar-refractivity contribution is 0.102. The van der Waals surface area contributed by atoms with E-state index in [9.17, 15) is 13.2 Å². The fourth-order valence-electron chi connectivity index (χ4n) is 2.60. The lowest BCUT2D eigenvalue weighted by atomic mass is 10.2. The molecule has 27 heavy (non-hydrogen) atoms. The van der Waals surface area contributed by atoms with E-state index in [4.69, 9.17) is 4.74 Å². The number of ether oxygens (including phenoxy) is 1. The molecule has 8 heteroatoms. The van der Waals surface area contributed by atoms with E-state index in [1.807, 2.05) is 13.0 Å². The van der Waals surface area contributed by atoms with Crippen molar-refractivity contribution in [1.29, 1.82) is 0 Å². The van der Waals surface area contributed by atoms with Gasteiger partial charge >= 0.3 is 0 Å². The molecule has 0 atom stereocenters. The van der Waals surface area contributed by atoms with E-state index in [2.05, 4.69) is 21.2 Å². The zero-order chi connectivity index (χ0) is 20.0. The Morgan fingerprint density at radius 1 is 1.11 bits per heavy atom. The number of hydrogen-bond acceptors (Lipinski definition) is 4. The number of rotatable bonds is 8. The van der Waals surface area contributed by atoms with Crippen LogP contribution >= 0.6 is 15.9 Å². The number of amides is 1. The van der Waals surface area contributed by atoms with Crippen LogP contribution in [0.3, 0.4) is 0 Å². The molecule has 0 heterocycles. The number of carbonyl (C=O) groups excluding carboxylic acids is 1. The fraction of sp³-hybridized carbons (Fsp3) is 0.316. The Morgan fingerprint density at radius 2 is 1.78 bits per heavy atom. The van der Waals surface area contributed by atoms with Crippen LogP contribution in [0.25, 0.3) is 0 Å². The summed E-state index contributed by atoms with van der Waals surface area (Å²) in [5, 5.41) is 2.76. The Hall–Kier alpha value is -1.90. The Kier molecular flexibility index (Phi) is 7.41. The molecule has 0 aromatic heterocycles. The molecule has 1 N–H and O–H groups in total. The zero-order valence-electron chi connectivity index (χ0n) is 15.5. The maximum atomic E-state index is 12.8. The van der Waals surface area contributed by atoms with Crippen LogP contribution in [0.1, 0.15) is 31.1 Å². The monoisotopic (exact) mass is 454 g/mol. The van der Waals surface area contributed by atoms with E-state index < -0.39 is 10.0 Å². The molecular weight excluding hydrogens is 432 g/mol. The van der Waals surface area contributed by atoms with Crippen molar-refractivity contribution in [1.82, 2.24) is 4.31 Å². The molecule has 0 fully saturated rings. The van der Waals surface area contributed by atoms with Crippen molar-refractivity contribution in [2.45, 2.75) is 25.7 Å². The smallest absolute Gasteiger partial charge is 0.256 e. The number of sulfonamides is 1. The lowest BCUT2D eigenvalue weighted by Gasteiger charge is -2.20. The van der Waals surface area contributed by atoms with E-state index in [0.717, 1.165) is 0 Å². The molecule has 146 valence electrons. The van der Waals surface area contributed by atoms with Crippen LogP contribution in [0.4, 0.5) is 5.69 Å². The van der Waals surface area contributed by atoms with E-state index in [-0.39, 0.29) is 10.8 Å². The second kappa shape index (κ2) is 9.34. The molecule has 0 radical (unpaired) electrons. The van der Waals surface area contributed by atoms with Crippen molar-refractivity contribution < 1.29 is 17.9 Å². The molecule has 0 bridgehead atoms. The topological polar surface area (TPSA) is 75.7 Å².